The van der Waals surface area contributed by atoms with Crippen LogP contribution in [0.5, 0.6) is 0 Å². The van der Waals surface area contributed by atoms with Crippen molar-refractivity contribution in [2.75, 3.05) is 0 Å². The summed E-state index contributed by atoms with van der Waals surface area (Å²) in [5.41, 5.74) is 0. The Balaban J connectivity index is 2.78. The molecule has 0 bridgehead atoms. The summed E-state index contributed by atoms with van der Waals surface area (Å²) in [6.45, 7) is 0. The van der Waals surface area contributed by atoms with Crippen LogP contribution in [0.25, 0.3) is 0 Å². The van der Waals surface area contributed by atoms with Crippen molar-refractivity contribution in [3.63, 3.8) is 0 Å². The standard InChI is InChI=1S/C6H5Cl2IN2O2/c7-5-3(9)2-10-6(8,11-5)1-4(12)13/h2,11H,1H2,(H,12,13). The van der Waals surface area contributed by atoms with Crippen LogP contribution in [0.3, 0.4) is 0 Å². The Morgan fingerprint density at radius 1 is 1.85 bits per heavy atom. The first-order valence-electron chi connectivity index (χ1n) is 3.22. The van der Waals surface area contributed by atoms with Crippen molar-refractivity contribution < 1.29 is 9.90 Å². The lowest BCUT2D eigenvalue weighted by atomic mass is 10.3. The highest BCUT2D eigenvalue weighted by Gasteiger charge is 2.32. The Labute approximate surface area is 98.1 Å². The summed E-state index contributed by atoms with van der Waals surface area (Å²) in [5, 5.41) is 10.1. The number of allylic oxidation sites excluding steroid dienone is 1. The summed E-state index contributed by atoms with van der Waals surface area (Å²) in [5.74, 6) is -1.04. The summed E-state index contributed by atoms with van der Waals surface area (Å²) >= 11 is 13.5. The van der Waals surface area contributed by atoms with E-state index in [0.717, 1.165) is 0 Å². The maximum atomic E-state index is 10.4. The molecule has 7 heteroatoms. The van der Waals surface area contributed by atoms with E-state index in [1.807, 2.05) is 22.6 Å². The molecule has 0 saturated heterocycles. The zero-order valence-electron chi connectivity index (χ0n) is 6.22. The fraction of sp³-hybridized carbons (Fsp3) is 0.333. The van der Waals surface area contributed by atoms with Crippen LogP contribution in [0.15, 0.2) is 13.7 Å². The van der Waals surface area contributed by atoms with Crippen molar-refractivity contribution in [2.24, 2.45) is 4.99 Å². The number of hydrogen-bond acceptors (Lipinski definition) is 3. The maximum Gasteiger partial charge on any atom is 0.309 e. The van der Waals surface area contributed by atoms with Gasteiger partial charge in [-0.25, -0.2) is 4.99 Å². The number of halogens is 3. The van der Waals surface area contributed by atoms with E-state index >= 15 is 0 Å². The molecule has 1 atom stereocenters. The van der Waals surface area contributed by atoms with Gasteiger partial charge in [0.25, 0.3) is 0 Å². The number of alkyl halides is 1. The molecule has 0 aromatic heterocycles. The van der Waals surface area contributed by atoms with Gasteiger partial charge in [0.2, 0.25) is 5.12 Å². The van der Waals surface area contributed by atoms with Gasteiger partial charge in [0.1, 0.15) is 11.6 Å². The highest BCUT2D eigenvalue weighted by atomic mass is 127. The topological polar surface area (TPSA) is 61.7 Å². The molecule has 13 heavy (non-hydrogen) atoms. The minimum Gasteiger partial charge on any atom is -0.481 e. The third-order valence-corrected chi connectivity index (χ3v) is 3.04. The molecule has 0 amide bonds. The van der Waals surface area contributed by atoms with E-state index in [1.165, 1.54) is 6.21 Å². The predicted molar refractivity (Wildman–Crippen MR) is 59.4 cm³/mol. The Morgan fingerprint density at radius 2 is 2.46 bits per heavy atom. The second kappa shape index (κ2) is 4.02. The molecule has 1 rings (SSSR count). The molecule has 0 spiro atoms. The van der Waals surface area contributed by atoms with E-state index in [-0.39, 0.29) is 6.42 Å². The molecule has 4 nitrogen and oxygen atoms in total. The second-order valence-electron chi connectivity index (χ2n) is 2.37. The number of nitrogens with one attached hydrogen (secondary N) is 1. The Morgan fingerprint density at radius 3 is 2.92 bits per heavy atom. The number of hydrogen-bond donors (Lipinski definition) is 2. The number of aliphatic carboxylic acids is 1. The summed E-state index contributed by atoms with van der Waals surface area (Å²) in [4.78, 5) is 14.2. The number of nitrogens with zero attached hydrogens (tertiary/aromatic N) is 1. The molecule has 0 aromatic rings. The van der Waals surface area contributed by atoms with Crippen molar-refractivity contribution in [3.8, 4) is 0 Å². The van der Waals surface area contributed by atoms with E-state index < -0.39 is 11.1 Å². The van der Waals surface area contributed by atoms with Gasteiger partial charge in [-0.1, -0.05) is 23.2 Å². The molecule has 1 heterocycles. The zero-order chi connectivity index (χ0) is 10.1. The number of carboxylic acids is 1. The first-order chi connectivity index (χ1) is 5.93. The molecule has 1 aliphatic heterocycles. The van der Waals surface area contributed by atoms with Gasteiger partial charge in [-0.15, -0.1) is 0 Å². The second-order valence-corrected chi connectivity index (χ2v) is 4.54. The van der Waals surface area contributed by atoms with Crippen molar-refractivity contribution in [2.45, 2.75) is 11.5 Å². The minimum absolute atomic E-state index is 0.312. The van der Waals surface area contributed by atoms with Gasteiger partial charge in [0.15, 0.2) is 0 Å². The quantitative estimate of drug-likeness (QED) is 0.460. The predicted octanol–water partition coefficient (Wildman–Crippen LogP) is 1.87. The molecule has 1 unspecified atom stereocenters. The Hall–Kier alpha value is -0.0100. The third-order valence-electron chi connectivity index (χ3n) is 1.28. The lowest BCUT2D eigenvalue weighted by Gasteiger charge is -2.26. The lowest BCUT2D eigenvalue weighted by molar-refractivity contribution is -0.137. The lowest BCUT2D eigenvalue weighted by Crippen LogP contribution is -2.40. The van der Waals surface area contributed by atoms with Crippen LogP contribution >= 0.6 is 45.8 Å². The maximum absolute atomic E-state index is 10.4. The van der Waals surface area contributed by atoms with Crippen LogP contribution in [0.2, 0.25) is 0 Å². The number of carbonyl (C=O) groups is 1. The molecular weight excluding hydrogens is 330 g/mol. The van der Waals surface area contributed by atoms with Crippen LogP contribution in [-0.2, 0) is 4.79 Å². The average molecular weight is 335 g/mol. The van der Waals surface area contributed by atoms with Gasteiger partial charge in [-0.05, 0) is 22.6 Å². The van der Waals surface area contributed by atoms with Crippen molar-refractivity contribution in [1.82, 2.24) is 5.32 Å². The number of carboxylic acid groups (broad SMARTS) is 1. The van der Waals surface area contributed by atoms with Crippen LogP contribution in [0.1, 0.15) is 6.42 Å². The van der Waals surface area contributed by atoms with Crippen LogP contribution in [0, 0.1) is 0 Å². The van der Waals surface area contributed by atoms with E-state index in [1.54, 1.807) is 0 Å². The summed E-state index contributed by atoms with van der Waals surface area (Å²) < 4.78 is 0.695. The smallest absolute Gasteiger partial charge is 0.309 e. The van der Waals surface area contributed by atoms with Gasteiger partial charge in [0.05, 0.1) is 3.58 Å². The summed E-state index contributed by atoms with van der Waals surface area (Å²) in [7, 11) is 0. The molecule has 1 aliphatic rings. The first-order valence-corrected chi connectivity index (χ1v) is 5.06. The van der Waals surface area contributed by atoms with Gasteiger partial charge in [-0.3, -0.25) is 4.79 Å². The molecule has 0 aromatic carbocycles. The van der Waals surface area contributed by atoms with Crippen molar-refractivity contribution in [3.05, 3.63) is 8.74 Å². The summed E-state index contributed by atoms with van der Waals surface area (Å²) in [6.07, 6.45) is 1.11. The molecule has 0 saturated carbocycles. The van der Waals surface area contributed by atoms with Crippen LogP contribution < -0.4 is 5.32 Å². The van der Waals surface area contributed by atoms with E-state index in [4.69, 9.17) is 28.3 Å². The Bertz CT molecular complexity index is 305. The number of aliphatic imine (C=N–C) groups is 1. The SMILES string of the molecule is O=C(O)CC1(Cl)N=CC(I)=C(Cl)N1. The summed E-state index contributed by atoms with van der Waals surface area (Å²) in [6, 6.07) is 0. The van der Waals surface area contributed by atoms with Crippen LogP contribution in [-0.4, -0.2) is 22.4 Å². The zero-order valence-corrected chi connectivity index (χ0v) is 9.89. The molecule has 72 valence electrons. The van der Waals surface area contributed by atoms with E-state index in [0.29, 0.717) is 8.74 Å². The van der Waals surface area contributed by atoms with Gasteiger partial charge in [0, 0.05) is 6.21 Å². The number of rotatable bonds is 2. The molecule has 0 radical (unpaired) electrons. The molecule has 0 fully saturated rings. The first kappa shape index (κ1) is 11.1. The minimum atomic E-state index is -1.35. The third kappa shape index (κ3) is 2.99. The molecular formula is C6H5Cl2IN2O2. The average Bonchev–Trinajstić information content (AvgIpc) is 1.96. The fourth-order valence-electron chi connectivity index (χ4n) is 0.766. The monoisotopic (exact) mass is 334 g/mol. The Kier molecular flexibility index (Phi) is 3.42. The largest absolute Gasteiger partial charge is 0.481 e. The highest BCUT2D eigenvalue weighted by Crippen LogP contribution is 2.27. The van der Waals surface area contributed by atoms with Gasteiger partial charge in [-0.2, -0.15) is 0 Å². The highest BCUT2D eigenvalue weighted by molar-refractivity contribution is 14.1. The fourth-order valence-corrected chi connectivity index (χ4v) is 1.55. The molecule has 2 N–H and O–H groups in total. The van der Waals surface area contributed by atoms with Gasteiger partial charge < -0.3 is 10.4 Å². The van der Waals surface area contributed by atoms with E-state index in [2.05, 4.69) is 10.3 Å². The van der Waals surface area contributed by atoms with Crippen molar-refractivity contribution >= 4 is 58.0 Å². The van der Waals surface area contributed by atoms with E-state index in [9.17, 15) is 4.79 Å². The van der Waals surface area contributed by atoms with Gasteiger partial charge >= 0.3 is 5.97 Å². The van der Waals surface area contributed by atoms with Crippen molar-refractivity contribution in [1.29, 1.82) is 0 Å². The van der Waals surface area contributed by atoms with Crippen LogP contribution in [0.4, 0.5) is 0 Å². The normalized spacial score (nSPS) is 27.3. The molecule has 0 aliphatic carbocycles.